The van der Waals surface area contributed by atoms with Gasteiger partial charge in [-0.05, 0) is 58.4 Å². The molecule has 2 rings (SSSR count). The van der Waals surface area contributed by atoms with Crippen molar-refractivity contribution in [3.05, 3.63) is 41.1 Å². The van der Waals surface area contributed by atoms with E-state index >= 15 is 0 Å². The van der Waals surface area contributed by atoms with Crippen molar-refractivity contribution >= 4 is 11.7 Å². The Morgan fingerprint density at radius 3 is 2.34 bits per heavy atom. The van der Waals surface area contributed by atoms with Crippen LogP contribution in [-0.4, -0.2) is 52.4 Å². The van der Waals surface area contributed by atoms with Gasteiger partial charge in [-0.25, -0.2) is 5.06 Å². The van der Waals surface area contributed by atoms with Gasteiger partial charge in [0, 0.05) is 18.8 Å². The smallest absolute Gasteiger partial charge is 0.285 e. The van der Waals surface area contributed by atoms with Crippen LogP contribution in [0.4, 0.5) is 0 Å². The summed E-state index contributed by atoms with van der Waals surface area (Å²) in [6.07, 6.45) is 1.56. The quantitative estimate of drug-likeness (QED) is 0.497. The molecule has 0 aliphatic carbocycles. The highest BCUT2D eigenvalue weighted by atomic mass is 16.7. The number of carbonyl (C=O) groups is 2. The van der Waals surface area contributed by atoms with E-state index in [-0.39, 0.29) is 23.3 Å². The fourth-order valence-corrected chi connectivity index (χ4v) is 3.10. The number of aryl methyl sites for hydroxylation is 2. The molecule has 0 radical (unpaired) electrons. The summed E-state index contributed by atoms with van der Waals surface area (Å²) in [5.74, 6) is 0.0677. The van der Waals surface area contributed by atoms with Crippen molar-refractivity contribution in [1.29, 1.82) is 0 Å². The van der Waals surface area contributed by atoms with Crippen molar-refractivity contribution in [2.24, 2.45) is 7.05 Å². The lowest BCUT2D eigenvalue weighted by molar-refractivity contribution is -0.138. The molecule has 158 valence electrons. The average molecular weight is 403 g/mol. The summed E-state index contributed by atoms with van der Waals surface area (Å²) in [5, 5.41) is 5.14. The number of methoxy groups -OCH3 is 1. The van der Waals surface area contributed by atoms with E-state index in [1.54, 1.807) is 33.0 Å². The molecule has 0 N–H and O–H groups in total. The first-order valence-electron chi connectivity index (χ1n) is 9.31. The Bertz CT molecular complexity index is 902. The second-order valence-corrected chi connectivity index (χ2v) is 7.54. The first-order chi connectivity index (χ1) is 13.5. The van der Waals surface area contributed by atoms with E-state index in [2.05, 4.69) is 5.10 Å². The number of aromatic nitrogens is 2. The molecule has 1 heterocycles. The lowest BCUT2D eigenvalue weighted by atomic mass is 9.90. The van der Waals surface area contributed by atoms with Crippen LogP contribution in [0.15, 0.2) is 24.4 Å². The molecule has 29 heavy (non-hydrogen) atoms. The number of hydrogen-bond acceptors (Lipinski definition) is 6. The zero-order valence-corrected chi connectivity index (χ0v) is 18.3. The highest BCUT2D eigenvalue weighted by molar-refractivity contribution is 6.07. The fraction of sp³-hybridized carbons (Fsp3) is 0.476. The van der Waals surface area contributed by atoms with Gasteiger partial charge >= 0.3 is 0 Å². The molecule has 8 nitrogen and oxygen atoms in total. The van der Waals surface area contributed by atoms with Gasteiger partial charge in [0.1, 0.15) is 16.9 Å². The van der Waals surface area contributed by atoms with Crippen molar-refractivity contribution in [2.75, 3.05) is 14.2 Å². The lowest BCUT2D eigenvalue weighted by Crippen LogP contribution is -2.52. The summed E-state index contributed by atoms with van der Waals surface area (Å²) in [5.41, 5.74) is 0.163. The van der Waals surface area contributed by atoms with Gasteiger partial charge in [0.15, 0.2) is 5.78 Å². The van der Waals surface area contributed by atoms with Gasteiger partial charge in [-0.1, -0.05) is 0 Å². The normalized spacial score (nSPS) is 11.5. The van der Waals surface area contributed by atoms with Crippen LogP contribution in [-0.2, 0) is 11.9 Å². The average Bonchev–Trinajstić information content (AvgIpc) is 3.02. The Kier molecular flexibility index (Phi) is 6.69. The van der Waals surface area contributed by atoms with Crippen LogP contribution in [0.3, 0.4) is 0 Å². The van der Waals surface area contributed by atoms with Crippen LogP contribution < -0.4 is 9.47 Å². The summed E-state index contributed by atoms with van der Waals surface area (Å²) in [7, 11) is 4.45. The standard InChI is InChI=1S/C21H29N3O5/c1-13(2)29-15-9-10-16(14(3)11-15)18(25)21(4,5)24(28-8)20(26)17-12-23(6)22-19(17)27-7/h9-13H,1-8H3. The molecule has 1 aromatic carbocycles. The molecule has 0 aliphatic heterocycles. The number of benzene rings is 1. The van der Waals surface area contributed by atoms with Gasteiger partial charge in [-0.15, -0.1) is 5.10 Å². The Morgan fingerprint density at radius 1 is 1.17 bits per heavy atom. The van der Waals surface area contributed by atoms with Crippen LogP contribution in [0, 0.1) is 6.92 Å². The molecular weight excluding hydrogens is 374 g/mol. The second kappa shape index (κ2) is 8.65. The van der Waals surface area contributed by atoms with Gasteiger partial charge in [0.05, 0.1) is 20.3 Å². The minimum absolute atomic E-state index is 0.0310. The Hall–Kier alpha value is -2.87. The number of rotatable bonds is 8. The number of Topliss-reactive ketones (excluding diaryl/α,β-unsaturated/α-hetero) is 1. The summed E-state index contributed by atoms with van der Waals surface area (Å²) >= 11 is 0. The van der Waals surface area contributed by atoms with E-state index in [4.69, 9.17) is 14.3 Å². The topological polar surface area (TPSA) is 82.9 Å². The van der Waals surface area contributed by atoms with Crippen LogP contribution in [0.25, 0.3) is 0 Å². The van der Waals surface area contributed by atoms with E-state index in [9.17, 15) is 9.59 Å². The van der Waals surface area contributed by atoms with E-state index in [0.29, 0.717) is 11.3 Å². The second-order valence-electron chi connectivity index (χ2n) is 7.54. The number of ketones is 1. The molecule has 0 saturated carbocycles. The van der Waals surface area contributed by atoms with Crippen LogP contribution in [0.1, 0.15) is 54.0 Å². The largest absolute Gasteiger partial charge is 0.491 e. The molecular formula is C21H29N3O5. The van der Waals surface area contributed by atoms with Crippen LogP contribution >= 0.6 is 0 Å². The van der Waals surface area contributed by atoms with Gasteiger partial charge in [-0.2, -0.15) is 0 Å². The molecule has 0 aliphatic rings. The van der Waals surface area contributed by atoms with E-state index in [1.807, 2.05) is 26.8 Å². The molecule has 0 unspecified atom stereocenters. The van der Waals surface area contributed by atoms with Gasteiger partial charge in [0.2, 0.25) is 5.88 Å². The van der Waals surface area contributed by atoms with Crippen molar-refractivity contribution in [3.63, 3.8) is 0 Å². The number of hydroxylamine groups is 2. The van der Waals surface area contributed by atoms with Crippen LogP contribution in [0.5, 0.6) is 11.6 Å². The predicted molar refractivity (Wildman–Crippen MR) is 108 cm³/mol. The maximum atomic E-state index is 13.3. The zero-order valence-electron chi connectivity index (χ0n) is 18.3. The van der Waals surface area contributed by atoms with E-state index in [1.165, 1.54) is 25.1 Å². The van der Waals surface area contributed by atoms with Crippen molar-refractivity contribution in [2.45, 2.75) is 46.3 Å². The summed E-state index contributed by atoms with van der Waals surface area (Å²) in [6, 6.07) is 5.27. The van der Waals surface area contributed by atoms with Crippen molar-refractivity contribution in [3.8, 4) is 11.6 Å². The molecule has 8 heteroatoms. The Balaban J connectivity index is 2.38. The molecule has 0 saturated heterocycles. The molecule has 1 aromatic heterocycles. The number of carbonyl (C=O) groups excluding carboxylic acids is 2. The monoisotopic (exact) mass is 403 g/mol. The lowest BCUT2D eigenvalue weighted by Gasteiger charge is -2.35. The van der Waals surface area contributed by atoms with Crippen LogP contribution in [0.2, 0.25) is 0 Å². The SMILES string of the molecule is COc1nn(C)cc1C(=O)N(OC)C(C)(C)C(=O)c1ccc(OC(C)C)cc1C. The van der Waals surface area contributed by atoms with E-state index in [0.717, 1.165) is 10.6 Å². The highest BCUT2D eigenvalue weighted by Gasteiger charge is 2.41. The molecule has 0 atom stereocenters. The van der Waals surface area contributed by atoms with Gasteiger partial charge in [-0.3, -0.25) is 19.1 Å². The fourth-order valence-electron chi connectivity index (χ4n) is 3.10. The molecule has 2 aromatic rings. The number of nitrogens with zero attached hydrogens (tertiary/aromatic N) is 3. The maximum Gasteiger partial charge on any atom is 0.285 e. The summed E-state index contributed by atoms with van der Waals surface area (Å²) < 4.78 is 12.3. The predicted octanol–water partition coefficient (Wildman–Crippen LogP) is 3.19. The van der Waals surface area contributed by atoms with Gasteiger partial charge in [0.25, 0.3) is 5.91 Å². The molecule has 0 bridgehead atoms. The molecule has 0 spiro atoms. The summed E-state index contributed by atoms with van der Waals surface area (Å²) in [4.78, 5) is 31.8. The van der Waals surface area contributed by atoms with Crippen molar-refractivity contribution in [1.82, 2.24) is 14.8 Å². The first kappa shape index (κ1) is 22.4. The minimum atomic E-state index is -1.28. The zero-order chi connectivity index (χ0) is 21.9. The molecule has 0 fully saturated rings. The summed E-state index contributed by atoms with van der Waals surface area (Å²) in [6.45, 7) is 8.98. The first-order valence-corrected chi connectivity index (χ1v) is 9.31. The van der Waals surface area contributed by atoms with Crippen molar-refractivity contribution < 1.29 is 23.9 Å². The Labute approximate surface area is 171 Å². The third-order valence-corrected chi connectivity index (χ3v) is 4.46. The highest BCUT2D eigenvalue weighted by Crippen LogP contribution is 2.28. The Morgan fingerprint density at radius 2 is 1.83 bits per heavy atom. The van der Waals surface area contributed by atoms with E-state index < -0.39 is 11.4 Å². The minimum Gasteiger partial charge on any atom is -0.491 e. The number of hydrogen-bond donors (Lipinski definition) is 0. The molecule has 1 amide bonds. The third kappa shape index (κ3) is 4.59. The third-order valence-electron chi connectivity index (χ3n) is 4.46. The number of amides is 1. The maximum absolute atomic E-state index is 13.3. The number of ether oxygens (including phenoxy) is 2. The van der Waals surface area contributed by atoms with Gasteiger partial charge < -0.3 is 9.47 Å².